The Kier molecular flexibility index (Phi) is 8.37. The number of hydrogen-bond acceptors (Lipinski definition) is 8. The van der Waals surface area contributed by atoms with E-state index < -0.39 is 24.1 Å². The first-order valence-electron chi connectivity index (χ1n) is 8.54. The molecule has 0 aliphatic carbocycles. The van der Waals surface area contributed by atoms with Crippen LogP contribution in [0.25, 0.3) is 0 Å². The first-order valence-corrected chi connectivity index (χ1v) is 8.54. The van der Waals surface area contributed by atoms with Crippen LogP contribution in [-0.2, 0) is 23.7 Å². The number of aryl methyl sites for hydroxylation is 1. The van der Waals surface area contributed by atoms with Crippen LogP contribution >= 0.6 is 0 Å². The van der Waals surface area contributed by atoms with Crippen LogP contribution in [0.3, 0.4) is 0 Å². The van der Waals surface area contributed by atoms with Gasteiger partial charge in [-0.05, 0) is 6.92 Å². The van der Waals surface area contributed by atoms with Crippen LogP contribution in [0, 0.1) is 18.8 Å². The Labute approximate surface area is 158 Å². The van der Waals surface area contributed by atoms with Crippen molar-refractivity contribution in [3.63, 3.8) is 0 Å². The highest BCUT2D eigenvalue weighted by Gasteiger charge is 2.46. The molecule has 1 N–H and O–H groups in total. The van der Waals surface area contributed by atoms with Crippen molar-refractivity contribution in [3.05, 3.63) is 27.9 Å². The van der Waals surface area contributed by atoms with Gasteiger partial charge in [0.1, 0.15) is 24.9 Å². The quantitative estimate of drug-likeness (QED) is 0.474. The fraction of sp³-hybridized carbons (Fsp3) is 0.667. The van der Waals surface area contributed by atoms with Crippen molar-refractivity contribution in [2.24, 2.45) is 0 Å². The van der Waals surface area contributed by atoms with Gasteiger partial charge in [0.2, 0.25) is 0 Å². The predicted molar refractivity (Wildman–Crippen MR) is 95.4 cm³/mol. The Morgan fingerprint density at radius 2 is 2.04 bits per heavy atom. The van der Waals surface area contributed by atoms with E-state index in [0.29, 0.717) is 17.9 Å². The van der Waals surface area contributed by atoms with Crippen LogP contribution in [0.5, 0.6) is 0 Å². The minimum absolute atomic E-state index is 0.0616. The molecule has 1 aliphatic heterocycles. The van der Waals surface area contributed by atoms with E-state index in [1.807, 2.05) is 0 Å². The van der Waals surface area contributed by atoms with Gasteiger partial charge in [-0.15, -0.1) is 0 Å². The lowest BCUT2D eigenvalue weighted by Gasteiger charge is -2.22. The molecule has 0 radical (unpaired) electrons. The van der Waals surface area contributed by atoms with Crippen molar-refractivity contribution >= 4 is 0 Å². The molecule has 9 heteroatoms. The van der Waals surface area contributed by atoms with Gasteiger partial charge in [-0.1, -0.05) is 11.8 Å². The number of aliphatic hydroxyl groups is 1. The topological polar surface area (TPSA) is 101 Å². The molecular weight excluding hydrogens is 356 g/mol. The third kappa shape index (κ3) is 5.13. The molecule has 0 bridgehead atoms. The Morgan fingerprint density at radius 1 is 1.30 bits per heavy atom. The van der Waals surface area contributed by atoms with Gasteiger partial charge >= 0.3 is 5.69 Å². The lowest BCUT2D eigenvalue weighted by Crippen LogP contribution is -2.39. The summed E-state index contributed by atoms with van der Waals surface area (Å²) in [5.74, 6) is 5.76. The first-order chi connectivity index (χ1) is 13.1. The molecule has 2 rings (SSSR count). The summed E-state index contributed by atoms with van der Waals surface area (Å²) < 4.78 is 28.7. The summed E-state index contributed by atoms with van der Waals surface area (Å²) in [4.78, 5) is 16.5. The highest BCUT2D eigenvalue weighted by atomic mass is 16.6. The average molecular weight is 382 g/mol. The second-order valence-corrected chi connectivity index (χ2v) is 5.93. The summed E-state index contributed by atoms with van der Waals surface area (Å²) in [7, 11) is 4.66. The highest BCUT2D eigenvalue weighted by Crippen LogP contribution is 2.32. The summed E-state index contributed by atoms with van der Waals surface area (Å²) >= 11 is 0. The van der Waals surface area contributed by atoms with E-state index in [-0.39, 0.29) is 25.9 Å². The molecule has 1 aromatic heterocycles. The SMILES string of the molecule is COC[C@H]1O[C@@H](n2cc(C#CCOCCO)c(C)nc2=O)[C@H](OC)[C@@H]1OC. The molecule has 0 unspecified atom stereocenters. The van der Waals surface area contributed by atoms with E-state index in [1.54, 1.807) is 27.3 Å². The van der Waals surface area contributed by atoms with Crippen molar-refractivity contribution in [1.82, 2.24) is 9.55 Å². The smallest absolute Gasteiger partial charge is 0.350 e. The minimum Gasteiger partial charge on any atom is -0.394 e. The summed E-state index contributed by atoms with van der Waals surface area (Å²) in [6.45, 7) is 2.34. The lowest BCUT2D eigenvalue weighted by atomic mass is 10.1. The molecule has 0 spiro atoms. The van der Waals surface area contributed by atoms with Crippen molar-refractivity contribution in [2.45, 2.75) is 31.5 Å². The number of ether oxygens (including phenoxy) is 5. The maximum atomic E-state index is 12.5. The number of rotatable bonds is 8. The molecule has 1 aliphatic rings. The van der Waals surface area contributed by atoms with E-state index in [0.717, 1.165) is 0 Å². The summed E-state index contributed by atoms with van der Waals surface area (Å²) in [5, 5.41) is 8.70. The minimum atomic E-state index is -0.716. The molecule has 4 atom stereocenters. The Morgan fingerprint density at radius 3 is 2.67 bits per heavy atom. The standard InChI is InChI=1S/C18H26N2O7/c1-12-13(6-5-8-26-9-7-21)10-20(18(22)19-12)17-16(25-4)15(24-3)14(27-17)11-23-2/h10,14-17,21H,7-9,11H2,1-4H3/t14-,15-,16-,17-/m1/s1. The van der Waals surface area contributed by atoms with Gasteiger partial charge in [-0.3, -0.25) is 4.57 Å². The summed E-state index contributed by atoms with van der Waals surface area (Å²) in [5.41, 5.74) is 0.619. The summed E-state index contributed by atoms with van der Waals surface area (Å²) in [6, 6.07) is 0. The molecule has 0 amide bonds. The zero-order chi connectivity index (χ0) is 19.8. The molecule has 0 saturated carbocycles. The molecule has 0 aromatic carbocycles. The van der Waals surface area contributed by atoms with Crippen LogP contribution in [0.15, 0.2) is 11.0 Å². The second kappa shape index (κ2) is 10.5. The van der Waals surface area contributed by atoms with Gasteiger partial charge in [0.15, 0.2) is 6.23 Å². The van der Waals surface area contributed by atoms with Crippen molar-refractivity contribution in [1.29, 1.82) is 0 Å². The van der Waals surface area contributed by atoms with Gasteiger partial charge in [0.05, 0.1) is 31.1 Å². The maximum Gasteiger partial charge on any atom is 0.350 e. The molecule has 1 saturated heterocycles. The fourth-order valence-corrected chi connectivity index (χ4v) is 2.94. The zero-order valence-corrected chi connectivity index (χ0v) is 16.0. The lowest BCUT2D eigenvalue weighted by molar-refractivity contribution is -0.0673. The molecule has 150 valence electrons. The summed E-state index contributed by atoms with van der Waals surface area (Å²) in [6.07, 6.45) is -0.403. The van der Waals surface area contributed by atoms with E-state index in [1.165, 1.54) is 11.7 Å². The van der Waals surface area contributed by atoms with Crippen LogP contribution < -0.4 is 5.69 Å². The van der Waals surface area contributed by atoms with Crippen LogP contribution in [-0.4, -0.2) is 80.7 Å². The number of aromatic nitrogens is 2. The third-order valence-corrected chi connectivity index (χ3v) is 4.21. The molecule has 1 aromatic rings. The van der Waals surface area contributed by atoms with E-state index in [2.05, 4.69) is 16.8 Å². The predicted octanol–water partition coefficient (Wildman–Crippen LogP) is -0.514. The Bertz CT molecular complexity index is 725. The van der Waals surface area contributed by atoms with Gasteiger partial charge in [0.25, 0.3) is 0 Å². The average Bonchev–Trinajstić information content (AvgIpc) is 3.00. The molecular formula is C18H26N2O7. The number of methoxy groups -OCH3 is 3. The fourth-order valence-electron chi connectivity index (χ4n) is 2.94. The van der Waals surface area contributed by atoms with Gasteiger partial charge < -0.3 is 28.8 Å². The maximum absolute atomic E-state index is 12.5. The monoisotopic (exact) mass is 382 g/mol. The van der Waals surface area contributed by atoms with E-state index >= 15 is 0 Å². The second-order valence-electron chi connectivity index (χ2n) is 5.93. The van der Waals surface area contributed by atoms with Crippen LogP contribution in [0.1, 0.15) is 17.5 Å². The molecule has 1 fully saturated rings. The number of nitrogens with zero attached hydrogens (tertiary/aromatic N) is 2. The van der Waals surface area contributed by atoms with E-state index in [4.69, 9.17) is 28.8 Å². The number of aliphatic hydroxyl groups excluding tert-OH is 1. The third-order valence-electron chi connectivity index (χ3n) is 4.21. The number of hydrogen-bond donors (Lipinski definition) is 1. The first kappa shape index (κ1) is 21.5. The van der Waals surface area contributed by atoms with Crippen LogP contribution in [0.2, 0.25) is 0 Å². The highest BCUT2D eigenvalue weighted by molar-refractivity contribution is 5.35. The van der Waals surface area contributed by atoms with Crippen molar-refractivity contribution in [2.75, 3.05) is 47.8 Å². The normalized spacial score (nSPS) is 24.6. The van der Waals surface area contributed by atoms with Gasteiger partial charge in [-0.25, -0.2) is 4.79 Å². The largest absolute Gasteiger partial charge is 0.394 e. The molecule has 27 heavy (non-hydrogen) atoms. The van der Waals surface area contributed by atoms with Crippen molar-refractivity contribution in [3.8, 4) is 11.8 Å². The Balaban J connectivity index is 2.31. The van der Waals surface area contributed by atoms with E-state index in [9.17, 15) is 4.79 Å². The molecule has 2 heterocycles. The molecule has 9 nitrogen and oxygen atoms in total. The Hall–Kier alpha value is -1.80. The van der Waals surface area contributed by atoms with Gasteiger partial charge in [0, 0.05) is 27.5 Å². The van der Waals surface area contributed by atoms with Crippen molar-refractivity contribution < 1.29 is 28.8 Å². The zero-order valence-electron chi connectivity index (χ0n) is 16.0. The van der Waals surface area contributed by atoms with Crippen LogP contribution in [0.4, 0.5) is 0 Å². The van der Waals surface area contributed by atoms with Gasteiger partial charge in [-0.2, -0.15) is 4.98 Å².